The molecule has 1 unspecified atom stereocenters. The molecule has 1 saturated carbocycles. The van der Waals surface area contributed by atoms with Gasteiger partial charge in [-0.15, -0.1) is 6.58 Å². The van der Waals surface area contributed by atoms with Gasteiger partial charge in [0.1, 0.15) is 0 Å². The number of unbranched alkanes of at least 4 members (excludes halogenated alkanes) is 1. The Hall–Kier alpha value is -0.790. The van der Waals surface area contributed by atoms with Crippen LogP contribution >= 0.6 is 0 Å². The van der Waals surface area contributed by atoms with Crippen molar-refractivity contribution in [2.24, 2.45) is 5.92 Å². The first-order valence-corrected chi connectivity index (χ1v) is 6.67. The van der Waals surface area contributed by atoms with Gasteiger partial charge in [-0.25, -0.2) is 0 Å². The Balaban J connectivity index is 2.54. The number of rotatable bonds is 7. The summed E-state index contributed by atoms with van der Waals surface area (Å²) in [6.45, 7) is 6.95. The molecule has 1 amide bonds. The molecule has 0 N–H and O–H groups in total. The van der Waals surface area contributed by atoms with E-state index in [0.717, 1.165) is 25.8 Å². The molecular formula is C14H25NO. The number of hydrogen-bond donors (Lipinski definition) is 0. The molecule has 0 aromatic heterocycles. The van der Waals surface area contributed by atoms with Crippen LogP contribution in [0.4, 0.5) is 0 Å². The van der Waals surface area contributed by atoms with Gasteiger partial charge in [0.2, 0.25) is 6.41 Å². The highest BCUT2D eigenvalue weighted by Crippen LogP contribution is 2.29. The first kappa shape index (κ1) is 13.3. The smallest absolute Gasteiger partial charge is 0.210 e. The van der Waals surface area contributed by atoms with Crippen molar-refractivity contribution in [1.29, 1.82) is 0 Å². The van der Waals surface area contributed by atoms with E-state index in [9.17, 15) is 4.79 Å². The van der Waals surface area contributed by atoms with Crippen molar-refractivity contribution >= 4 is 6.41 Å². The average molecular weight is 223 g/mol. The van der Waals surface area contributed by atoms with Crippen LogP contribution in [-0.2, 0) is 4.79 Å². The summed E-state index contributed by atoms with van der Waals surface area (Å²) in [6, 6.07) is 0.268. The topological polar surface area (TPSA) is 20.3 Å². The molecule has 2 heteroatoms. The lowest BCUT2D eigenvalue weighted by Crippen LogP contribution is -2.39. The van der Waals surface area contributed by atoms with Crippen LogP contribution in [0, 0.1) is 5.92 Å². The molecule has 0 radical (unpaired) electrons. The van der Waals surface area contributed by atoms with Gasteiger partial charge < -0.3 is 4.90 Å². The lowest BCUT2D eigenvalue weighted by atomic mass is 9.83. The third-order valence-corrected chi connectivity index (χ3v) is 3.66. The summed E-state index contributed by atoms with van der Waals surface area (Å²) in [4.78, 5) is 13.1. The van der Waals surface area contributed by atoms with Gasteiger partial charge in [0, 0.05) is 6.54 Å². The van der Waals surface area contributed by atoms with Crippen LogP contribution in [0.3, 0.4) is 0 Å². The molecule has 0 spiro atoms. The second kappa shape index (κ2) is 7.48. The van der Waals surface area contributed by atoms with Gasteiger partial charge >= 0.3 is 0 Å². The largest absolute Gasteiger partial charge is 0.339 e. The van der Waals surface area contributed by atoms with Crippen molar-refractivity contribution in [1.82, 2.24) is 4.90 Å². The monoisotopic (exact) mass is 223 g/mol. The van der Waals surface area contributed by atoms with Gasteiger partial charge in [-0.2, -0.15) is 0 Å². The van der Waals surface area contributed by atoms with E-state index >= 15 is 0 Å². The summed E-state index contributed by atoms with van der Waals surface area (Å²) >= 11 is 0. The molecule has 0 saturated heterocycles. The van der Waals surface area contributed by atoms with Gasteiger partial charge in [0.05, 0.1) is 6.04 Å². The normalized spacial score (nSPS) is 19.1. The van der Waals surface area contributed by atoms with Crippen LogP contribution in [0.15, 0.2) is 12.7 Å². The summed E-state index contributed by atoms with van der Waals surface area (Å²) < 4.78 is 0. The first-order chi connectivity index (χ1) is 7.83. The third kappa shape index (κ3) is 3.66. The Morgan fingerprint density at radius 3 is 2.56 bits per heavy atom. The number of carbonyl (C=O) groups excluding carboxylic acids is 1. The molecule has 0 heterocycles. The van der Waals surface area contributed by atoms with Crippen molar-refractivity contribution in [3.8, 4) is 0 Å². The number of amides is 1. The van der Waals surface area contributed by atoms with Crippen molar-refractivity contribution in [2.45, 2.75) is 57.9 Å². The molecule has 1 aliphatic carbocycles. The average Bonchev–Trinajstić information content (AvgIpc) is 2.35. The predicted octanol–water partition coefficient (Wildman–Crippen LogP) is 3.38. The summed E-state index contributed by atoms with van der Waals surface area (Å²) in [7, 11) is 0. The maximum Gasteiger partial charge on any atom is 0.210 e. The fourth-order valence-corrected chi connectivity index (χ4v) is 2.69. The molecule has 1 atom stereocenters. The second-order valence-corrected chi connectivity index (χ2v) is 4.82. The quantitative estimate of drug-likeness (QED) is 0.478. The Bertz CT molecular complexity index is 209. The van der Waals surface area contributed by atoms with E-state index in [2.05, 4.69) is 13.5 Å². The zero-order chi connectivity index (χ0) is 11.8. The van der Waals surface area contributed by atoms with Gasteiger partial charge in [0.15, 0.2) is 0 Å². The summed E-state index contributed by atoms with van der Waals surface area (Å²) in [6.07, 6.45) is 11.7. The molecule has 2 nitrogen and oxygen atoms in total. The van der Waals surface area contributed by atoms with Gasteiger partial charge in [0.25, 0.3) is 0 Å². The minimum atomic E-state index is 0.268. The Kier molecular flexibility index (Phi) is 6.20. The predicted molar refractivity (Wildman–Crippen MR) is 68.2 cm³/mol. The van der Waals surface area contributed by atoms with Crippen molar-refractivity contribution < 1.29 is 4.79 Å². The number of hydrogen-bond acceptors (Lipinski definition) is 1. The lowest BCUT2D eigenvalue weighted by Gasteiger charge is -2.34. The van der Waals surface area contributed by atoms with Crippen molar-refractivity contribution in [2.75, 3.05) is 6.54 Å². The van der Waals surface area contributed by atoms with Crippen LogP contribution in [0.1, 0.15) is 51.9 Å². The maximum absolute atomic E-state index is 11.1. The highest BCUT2D eigenvalue weighted by atomic mass is 16.1. The Morgan fingerprint density at radius 2 is 2.06 bits per heavy atom. The minimum absolute atomic E-state index is 0.268. The Morgan fingerprint density at radius 1 is 1.38 bits per heavy atom. The van der Waals surface area contributed by atoms with Gasteiger partial charge in [-0.05, 0) is 25.2 Å². The maximum atomic E-state index is 11.1. The first-order valence-electron chi connectivity index (χ1n) is 6.67. The highest BCUT2D eigenvalue weighted by molar-refractivity contribution is 5.48. The number of carbonyl (C=O) groups is 1. The van der Waals surface area contributed by atoms with Crippen molar-refractivity contribution in [3.05, 3.63) is 12.7 Å². The molecule has 1 aliphatic rings. The fourth-order valence-electron chi connectivity index (χ4n) is 2.69. The second-order valence-electron chi connectivity index (χ2n) is 4.82. The lowest BCUT2D eigenvalue weighted by molar-refractivity contribution is -0.120. The molecule has 92 valence electrons. The minimum Gasteiger partial charge on any atom is -0.339 e. The third-order valence-electron chi connectivity index (χ3n) is 3.66. The molecule has 0 aromatic rings. The summed E-state index contributed by atoms with van der Waals surface area (Å²) in [5.41, 5.74) is 0. The zero-order valence-electron chi connectivity index (χ0n) is 10.5. The SMILES string of the molecule is C=CC(C1CCCCC1)N(C=O)CCCC. The van der Waals surface area contributed by atoms with Gasteiger partial charge in [-0.1, -0.05) is 38.7 Å². The highest BCUT2D eigenvalue weighted by Gasteiger charge is 2.25. The van der Waals surface area contributed by atoms with Gasteiger partial charge in [-0.3, -0.25) is 4.79 Å². The van der Waals surface area contributed by atoms with Crippen molar-refractivity contribution in [3.63, 3.8) is 0 Å². The van der Waals surface area contributed by atoms with E-state index in [1.165, 1.54) is 32.1 Å². The van der Waals surface area contributed by atoms with E-state index in [1.807, 2.05) is 11.0 Å². The molecule has 1 fully saturated rings. The van der Waals surface area contributed by atoms with E-state index < -0.39 is 0 Å². The summed E-state index contributed by atoms with van der Waals surface area (Å²) in [5, 5.41) is 0. The molecule has 0 bridgehead atoms. The van der Waals surface area contributed by atoms with E-state index in [0.29, 0.717) is 5.92 Å². The molecular weight excluding hydrogens is 198 g/mol. The van der Waals surface area contributed by atoms with Crippen LogP contribution < -0.4 is 0 Å². The molecule has 16 heavy (non-hydrogen) atoms. The van der Waals surface area contributed by atoms with Crippen LogP contribution in [0.2, 0.25) is 0 Å². The Labute approximate surface area is 99.7 Å². The van der Waals surface area contributed by atoms with E-state index in [4.69, 9.17) is 0 Å². The van der Waals surface area contributed by atoms with E-state index in [-0.39, 0.29) is 6.04 Å². The van der Waals surface area contributed by atoms with Crippen LogP contribution in [0.25, 0.3) is 0 Å². The molecule has 1 rings (SSSR count). The summed E-state index contributed by atoms with van der Waals surface area (Å²) in [5.74, 6) is 0.647. The van der Waals surface area contributed by atoms with Crippen LogP contribution in [-0.4, -0.2) is 23.9 Å². The van der Waals surface area contributed by atoms with Crippen LogP contribution in [0.5, 0.6) is 0 Å². The fraction of sp³-hybridized carbons (Fsp3) is 0.786. The standard InChI is InChI=1S/C14H25NO/c1-3-5-11-15(12-16)14(4-2)13-9-7-6-8-10-13/h4,12-14H,2-3,5-11H2,1H3. The number of nitrogens with zero attached hydrogens (tertiary/aromatic N) is 1. The van der Waals surface area contributed by atoms with E-state index in [1.54, 1.807) is 0 Å². The zero-order valence-corrected chi connectivity index (χ0v) is 10.5. The molecule has 0 aliphatic heterocycles. The molecule has 0 aromatic carbocycles.